The number of hydrogen-bond acceptors (Lipinski definition) is 4. The Morgan fingerprint density at radius 1 is 1.14 bits per heavy atom. The number of carbonyl (C=O) groups excluding carboxylic acids is 1. The molecule has 0 spiro atoms. The normalized spacial score (nSPS) is 17.3. The first-order valence-corrected chi connectivity index (χ1v) is 12.3. The molecule has 2 atom stereocenters. The van der Waals surface area contributed by atoms with Crippen LogP contribution in [0.5, 0.6) is 11.5 Å². The Balaban J connectivity index is 1.38. The van der Waals surface area contributed by atoms with Gasteiger partial charge in [-0.3, -0.25) is 9.69 Å². The zero-order valence-electron chi connectivity index (χ0n) is 20.6. The first kappa shape index (κ1) is 25.9. The van der Waals surface area contributed by atoms with E-state index < -0.39 is 13.0 Å². The average molecular weight is 504 g/mol. The van der Waals surface area contributed by atoms with Gasteiger partial charge >= 0.3 is 6.61 Å². The van der Waals surface area contributed by atoms with Crippen LogP contribution in [0, 0.1) is 5.92 Å². The van der Waals surface area contributed by atoms with Crippen molar-refractivity contribution >= 4 is 16.8 Å². The minimum atomic E-state index is -2.90. The van der Waals surface area contributed by atoms with Gasteiger partial charge in [-0.25, -0.2) is 4.39 Å². The lowest BCUT2D eigenvalue weighted by molar-refractivity contribution is -0.0497. The smallest absolute Gasteiger partial charge is 0.387 e. The molecule has 2 aromatic carbocycles. The van der Waals surface area contributed by atoms with Crippen molar-refractivity contribution in [2.75, 3.05) is 26.2 Å². The number of ether oxygens (including phenoxy) is 2. The molecule has 9 heteroatoms. The zero-order valence-corrected chi connectivity index (χ0v) is 20.6. The number of H-pyrrole nitrogens is 1. The Morgan fingerprint density at radius 2 is 1.94 bits per heavy atom. The average Bonchev–Trinajstić information content (AvgIpc) is 3.25. The van der Waals surface area contributed by atoms with E-state index in [0.29, 0.717) is 41.4 Å². The molecule has 1 fully saturated rings. The Labute approximate surface area is 209 Å². The summed E-state index contributed by atoms with van der Waals surface area (Å²) in [6.45, 7) is 4.16. The van der Waals surface area contributed by atoms with Gasteiger partial charge in [0.1, 0.15) is 17.2 Å². The van der Waals surface area contributed by atoms with Gasteiger partial charge in [0.25, 0.3) is 5.91 Å². The Morgan fingerprint density at radius 3 is 2.69 bits per heavy atom. The van der Waals surface area contributed by atoms with Crippen molar-refractivity contribution in [3.05, 3.63) is 59.8 Å². The number of alkyl halides is 3. The number of aromatic nitrogens is 1. The van der Waals surface area contributed by atoms with E-state index in [-0.39, 0.29) is 11.7 Å². The van der Waals surface area contributed by atoms with E-state index in [4.69, 9.17) is 4.74 Å². The van der Waals surface area contributed by atoms with E-state index >= 15 is 0 Å². The van der Waals surface area contributed by atoms with Crippen molar-refractivity contribution in [1.29, 1.82) is 0 Å². The van der Waals surface area contributed by atoms with Gasteiger partial charge in [-0.15, -0.1) is 0 Å². The summed E-state index contributed by atoms with van der Waals surface area (Å²) in [4.78, 5) is 20.6. The van der Waals surface area contributed by atoms with E-state index in [9.17, 15) is 18.0 Å². The molecule has 0 radical (unpaired) electrons. The van der Waals surface area contributed by atoms with E-state index in [1.54, 1.807) is 18.2 Å². The molecule has 2 heterocycles. The van der Waals surface area contributed by atoms with Crippen molar-refractivity contribution in [2.45, 2.75) is 46.2 Å². The number of benzene rings is 2. The molecule has 3 aromatic rings. The third-order valence-electron chi connectivity index (χ3n) is 6.40. The monoisotopic (exact) mass is 503 g/mol. The molecule has 1 aromatic heterocycles. The van der Waals surface area contributed by atoms with Crippen molar-refractivity contribution in [2.24, 2.45) is 5.92 Å². The number of likely N-dealkylation sites (tertiary alicyclic amines) is 1. The Bertz CT molecular complexity index is 1170. The third kappa shape index (κ3) is 6.72. The van der Waals surface area contributed by atoms with Crippen LogP contribution in [0.15, 0.2) is 48.5 Å². The van der Waals surface area contributed by atoms with Crippen LogP contribution in [0.4, 0.5) is 13.2 Å². The number of rotatable bonds is 10. The van der Waals surface area contributed by atoms with Gasteiger partial charge in [0.15, 0.2) is 0 Å². The van der Waals surface area contributed by atoms with E-state index in [1.165, 1.54) is 19.1 Å². The first-order chi connectivity index (χ1) is 17.3. The maximum Gasteiger partial charge on any atom is 0.387 e. The fourth-order valence-corrected chi connectivity index (χ4v) is 4.85. The molecule has 1 saturated heterocycles. The van der Waals surface area contributed by atoms with Gasteiger partial charge in [0.2, 0.25) is 6.36 Å². The summed E-state index contributed by atoms with van der Waals surface area (Å²) in [5, 5.41) is 0.643. The largest absolute Gasteiger partial charge is 0.461 e. The van der Waals surface area contributed by atoms with E-state index in [2.05, 4.69) is 14.6 Å². The Kier molecular flexibility index (Phi) is 8.40. The van der Waals surface area contributed by atoms with Crippen LogP contribution in [0.25, 0.3) is 10.9 Å². The fourth-order valence-electron chi connectivity index (χ4n) is 4.85. The summed E-state index contributed by atoms with van der Waals surface area (Å²) in [7, 11) is 0. The number of hydrogen-bond donors (Lipinski definition) is 1. The molecule has 1 aliphatic heterocycles. The van der Waals surface area contributed by atoms with Crippen LogP contribution < -0.4 is 9.47 Å². The molecular formula is C27H32F3N3O3. The number of piperidine rings is 1. The summed E-state index contributed by atoms with van der Waals surface area (Å²) in [6.07, 6.45) is 0.708. The van der Waals surface area contributed by atoms with E-state index in [0.717, 1.165) is 38.0 Å². The summed E-state index contributed by atoms with van der Waals surface area (Å²) in [5.74, 6) is 0.780. The van der Waals surface area contributed by atoms with Crippen LogP contribution in [0.3, 0.4) is 0 Å². The summed E-state index contributed by atoms with van der Waals surface area (Å²) in [6, 6.07) is 13.8. The highest BCUT2D eigenvalue weighted by molar-refractivity contribution is 5.98. The number of halogens is 3. The Hall–Kier alpha value is -3.20. The second-order valence-electron chi connectivity index (χ2n) is 9.21. The van der Waals surface area contributed by atoms with Gasteiger partial charge in [0, 0.05) is 44.0 Å². The molecule has 1 amide bonds. The first-order valence-electron chi connectivity index (χ1n) is 12.3. The van der Waals surface area contributed by atoms with Crippen LogP contribution in [-0.2, 0) is 6.54 Å². The highest BCUT2D eigenvalue weighted by Gasteiger charge is 2.25. The molecular weight excluding hydrogens is 471 g/mol. The summed E-state index contributed by atoms with van der Waals surface area (Å²) in [5.41, 5.74) is 2.17. The molecule has 2 unspecified atom stereocenters. The van der Waals surface area contributed by atoms with Crippen molar-refractivity contribution in [3.63, 3.8) is 0 Å². The van der Waals surface area contributed by atoms with Crippen molar-refractivity contribution in [3.8, 4) is 11.5 Å². The number of aromatic amines is 1. The molecule has 0 saturated carbocycles. The quantitative estimate of drug-likeness (QED) is 0.378. The molecule has 0 bridgehead atoms. The molecule has 36 heavy (non-hydrogen) atoms. The fraction of sp³-hybridized carbons (Fsp3) is 0.444. The number of carbonyl (C=O) groups is 1. The number of fused-ring (bicyclic) bond motifs is 1. The molecule has 1 aliphatic rings. The topological polar surface area (TPSA) is 57.8 Å². The molecule has 4 rings (SSSR count). The van der Waals surface area contributed by atoms with Crippen molar-refractivity contribution in [1.82, 2.24) is 14.8 Å². The van der Waals surface area contributed by atoms with Crippen LogP contribution in [0.1, 0.15) is 42.7 Å². The van der Waals surface area contributed by atoms with Crippen LogP contribution in [-0.4, -0.2) is 59.8 Å². The second-order valence-corrected chi connectivity index (χ2v) is 9.21. The minimum Gasteiger partial charge on any atom is -0.461 e. The SMILES string of the molecule is CCN(CC1CCCN(Cc2cccc(OC(C)F)c2)C1)C(=O)c1cc2cc(OC(F)F)ccc2[nH]1. The highest BCUT2D eigenvalue weighted by atomic mass is 19.3. The standard InChI is InChI=1S/C27H32F3N3O3/c1-3-33(26(34)25-14-21-13-23(36-27(29)30)9-10-24(21)31-25)17-20-7-5-11-32(16-20)15-19-6-4-8-22(12-19)35-18(2)28/h4,6,8-10,12-14,18,20,27,31H,3,5,7,11,15-17H2,1-2H3. The number of nitrogens with one attached hydrogen (secondary N) is 1. The second kappa shape index (κ2) is 11.7. The lowest BCUT2D eigenvalue weighted by Crippen LogP contribution is -2.42. The lowest BCUT2D eigenvalue weighted by Gasteiger charge is -2.35. The van der Waals surface area contributed by atoms with Gasteiger partial charge in [0.05, 0.1) is 0 Å². The maximum absolute atomic E-state index is 13.3. The van der Waals surface area contributed by atoms with Gasteiger partial charge in [-0.05, 0) is 74.2 Å². The van der Waals surface area contributed by atoms with Crippen molar-refractivity contribution < 1.29 is 27.4 Å². The molecule has 1 N–H and O–H groups in total. The van der Waals surface area contributed by atoms with Crippen LogP contribution >= 0.6 is 0 Å². The maximum atomic E-state index is 13.3. The predicted octanol–water partition coefficient (Wildman–Crippen LogP) is 5.84. The summed E-state index contributed by atoms with van der Waals surface area (Å²) < 4.78 is 47.9. The highest BCUT2D eigenvalue weighted by Crippen LogP contribution is 2.25. The van der Waals surface area contributed by atoms with Gasteiger partial charge < -0.3 is 19.4 Å². The lowest BCUT2D eigenvalue weighted by atomic mass is 9.96. The summed E-state index contributed by atoms with van der Waals surface area (Å²) >= 11 is 0. The van der Waals surface area contributed by atoms with E-state index in [1.807, 2.05) is 30.0 Å². The predicted molar refractivity (Wildman–Crippen MR) is 132 cm³/mol. The van der Waals surface area contributed by atoms with Crippen LogP contribution in [0.2, 0.25) is 0 Å². The van der Waals surface area contributed by atoms with Gasteiger partial charge in [-0.2, -0.15) is 8.78 Å². The van der Waals surface area contributed by atoms with Gasteiger partial charge in [-0.1, -0.05) is 12.1 Å². The molecule has 6 nitrogen and oxygen atoms in total. The number of amides is 1. The molecule has 0 aliphatic carbocycles. The zero-order chi connectivity index (χ0) is 25.7. The third-order valence-corrected chi connectivity index (χ3v) is 6.40. The number of nitrogens with zero attached hydrogens (tertiary/aromatic N) is 2. The molecule has 194 valence electrons. The minimum absolute atomic E-state index is 0.0569.